The molecule has 3 atom stereocenters. The van der Waals surface area contributed by atoms with E-state index < -0.39 is 5.97 Å². The van der Waals surface area contributed by atoms with Crippen LogP contribution < -0.4 is 5.73 Å². The molecule has 0 spiro atoms. The van der Waals surface area contributed by atoms with Crippen molar-refractivity contribution in [2.75, 3.05) is 0 Å². The summed E-state index contributed by atoms with van der Waals surface area (Å²) in [6.07, 6.45) is 2.47. The molecule has 3 nitrogen and oxygen atoms in total. The van der Waals surface area contributed by atoms with Crippen molar-refractivity contribution < 1.29 is 9.90 Å². The van der Waals surface area contributed by atoms with Crippen molar-refractivity contribution >= 4 is 18.4 Å². The van der Waals surface area contributed by atoms with Crippen LogP contribution >= 0.6 is 12.4 Å². The maximum atomic E-state index is 10.6. The fourth-order valence-corrected chi connectivity index (χ4v) is 1.80. The van der Waals surface area contributed by atoms with Crippen LogP contribution in [0.2, 0.25) is 0 Å². The molecule has 12 heavy (non-hydrogen) atoms. The van der Waals surface area contributed by atoms with Gasteiger partial charge in [-0.25, -0.2) is 0 Å². The molecule has 0 aromatic rings. The standard InChI is InChI=1S/C8H15NO2.ClH/c1-5-4-6(9)2-3-7(5)8(10)11;/h5-7H,2-4,9H2,1H3,(H,10,11);1H/t5-,6-,7-;/m0./s1. The predicted octanol–water partition coefficient (Wildman–Crippen LogP) is 1.26. The number of rotatable bonds is 1. The minimum absolute atomic E-state index is 0. The molecular formula is C8H16ClNO2. The fraction of sp³-hybridized carbons (Fsp3) is 0.875. The molecule has 0 heterocycles. The third-order valence-electron chi connectivity index (χ3n) is 2.53. The van der Waals surface area contributed by atoms with Gasteiger partial charge in [-0.15, -0.1) is 12.4 Å². The second-order valence-electron chi connectivity index (χ2n) is 3.50. The summed E-state index contributed by atoms with van der Waals surface area (Å²) in [4.78, 5) is 10.6. The van der Waals surface area contributed by atoms with E-state index >= 15 is 0 Å². The Balaban J connectivity index is 0.00000121. The highest BCUT2D eigenvalue weighted by atomic mass is 35.5. The molecule has 0 aromatic carbocycles. The highest BCUT2D eigenvalue weighted by Crippen LogP contribution is 2.28. The van der Waals surface area contributed by atoms with Gasteiger partial charge in [0.1, 0.15) is 0 Å². The summed E-state index contributed by atoms with van der Waals surface area (Å²) in [6, 6.07) is 0.223. The fourth-order valence-electron chi connectivity index (χ4n) is 1.80. The van der Waals surface area contributed by atoms with Crippen molar-refractivity contribution in [3.63, 3.8) is 0 Å². The van der Waals surface area contributed by atoms with E-state index in [1.54, 1.807) is 0 Å². The Morgan fingerprint density at radius 3 is 2.50 bits per heavy atom. The zero-order valence-electron chi connectivity index (χ0n) is 7.19. The number of hydrogen-bond acceptors (Lipinski definition) is 2. The Labute approximate surface area is 78.7 Å². The summed E-state index contributed by atoms with van der Waals surface area (Å²) >= 11 is 0. The van der Waals surface area contributed by atoms with Gasteiger partial charge in [0.2, 0.25) is 0 Å². The largest absolute Gasteiger partial charge is 0.481 e. The second kappa shape index (κ2) is 4.67. The smallest absolute Gasteiger partial charge is 0.306 e. The maximum absolute atomic E-state index is 10.6. The number of carboxylic acid groups (broad SMARTS) is 1. The first kappa shape index (κ1) is 11.7. The number of halogens is 1. The number of carbonyl (C=O) groups is 1. The topological polar surface area (TPSA) is 63.3 Å². The maximum Gasteiger partial charge on any atom is 0.306 e. The van der Waals surface area contributed by atoms with Crippen LogP contribution in [0.4, 0.5) is 0 Å². The Hall–Kier alpha value is -0.280. The first-order valence-electron chi connectivity index (χ1n) is 4.09. The molecule has 1 saturated carbocycles. The van der Waals surface area contributed by atoms with Crippen LogP contribution in [-0.2, 0) is 4.79 Å². The van der Waals surface area contributed by atoms with Crippen LogP contribution in [0, 0.1) is 11.8 Å². The van der Waals surface area contributed by atoms with E-state index in [0.29, 0.717) is 0 Å². The van der Waals surface area contributed by atoms with E-state index in [1.807, 2.05) is 6.92 Å². The molecule has 1 rings (SSSR count). The highest BCUT2D eigenvalue weighted by molar-refractivity contribution is 5.85. The predicted molar refractivity (Wildman–Crippen MR) is 49.4 cm³/mol. The summed E-state index contributed by atoms with van der Waals surface area (Å²) in [5, 5.41) is 8.75. The van der Waals surface area contributed by atoms with Crippen molar-refractivity contribution in [1.29, 1.82) is 0 Å². The van der Waals surface area contributed by atoms with Gasteiger partial charge in [-0.05, 0) is 25.2 Å². The highest BCUT2D eigenvalue weighted by Gasteiger charge is 2.30. The van der Waals surface area contributed by atoms with Gasteiger partial charge in [-0.2, -0.15) is 0 Å². The van der Waals surface area contributed by atoms with E-state index in [0.717, 1.165) is 19.3 Å². The van der Waals surface area contributed by atoms with Crippen molar-refractivity contribution in [2.45, 2.75) is 32.2 Å². The average molecular weight is 194 g/mol. The third kappa shape index (κ3) is 2.64. The Bertz CT molecular complexity index is 163. The SMILES string of the molecule is C[C@H]1C[C@@H](N)CC[C@@H]1C(=O)O.Cl. The summed E-state index contributed by atoms with van der Waals surface area (Å²) < 4.78 is 0. The van der Waals surface area contributed by atoms with Crippen LogP contribution in [0.15, 0.2) is 0 Å². The summed E-state index contributed by atoms with van der Waals surface area (Å²) in [7, 11) is 0. The Kier molecular flexibility index (Phi) is 4.57. The molecule has 0 amide bonds. The van der Waals surface area contributed by atoms with Crippen molar-refractivity contribution in [3.8, 4) is 0 Å². The molecular weight excluding hydrogens is 178 g/mol. The van der Waals surface area contributed by atoms with Crippen molar-refractivity contribution in [3.05, 3.63) is 0 Å². The minimum Gasteiger partial charge on any atom is -0.481 e. The van der Waals surface area contributed by atoms with Gasteiger partial charge < -0.3 is 10.8 Å². The average Bonchev–Trinajstić information content (AvgIpc) is 1.85. The molecule has 3 N–H and O–H groups in total. The first-order valence-corrected chi connectivity index (χ1v) is 4.09. The second-order valence-corrected chi connectivity index (χ2v) is 3.50. The Morgan fingerprint density at radius 1 is 1.50 bits per heavy atom. The number of hydrogen-bond donors (Lipinski definition) is 2. The lowest BCUT2D eigenvalue weighted by atomic mass is 9.78. The van der Waals surface area contributed by atoms with E-state index in [2.05, 4.69) is 0 Å². The monoisotopic (exact) mass is 193 g/mol. The molecule has 0 bridgehead atoms. The summed E-state index contributed by atoms with van der Waals surface area (Å²) in [5.41, 5.74) is 5.69. The normalized spacial score (nSPS) is 35.3. The Morgan fingerprint density at radius 2 is 2.08 bits per heavy atom. The van der Waals surface area contributed by atoms with Gasteiger partial charge in [0.25, 0.3) is 0 Å². The van der Waals surface area contributed by atoms with Gasteiger partial charge >= 0.3 is 5.97 Å². The molecule has 0 unspecified atom stereocenters. The molecule has 4 heteroatoms. The van der Waals surface area contributed by atoms with E-state index in [9.17, 15) is 4.79 Å². The number of carboxylic acids is 1. The molecule has 1 aliphatic rings. The van der Waals surface area contributed by atoms with Crippen LogP contribution in [0.3, 0.4) is 0 Å². The van der Waals surface area contributed by atoms with E-state index in [1.165, 1.54) is 0 Å². The van der Waals surface area contributed by atoms with Gasteiger partial charge in [0, 0.05) is 6.04 Å². The first-order chi connectivity index (χ1) is 5.11. The number of aliphatic carboxylic acids is 1. The lowest BCUT2D eigenvalue weighted by molar-refractivity contribution is -0.144. The zero-order valence-corrected chi connectivity index (χ0v) is 8.01. The molecule has 0 saturated heterocycles. The molecule has 0 aliphatic heterocycles. The molecule has 72 valence electrons. The molecule has 1 aliphatic carbocycles. The van der Waals surface area contributed by atoms with E-state index in [-0.39, 0.29) is 30.3 Å². The lowest BCUT2D eigenvalue weighted by Crippen LogP contribution is -2.35. The van der Waals surface area contributed by atoms with Gasteiger partial charge in [-0.1, -0.05) is 6.92 Å². The quantitative estimate of drug-likeness (QED) is 0.659. The van der Waals surface area contributed by atoms with Gasteiger partial charge in [0.15, 0.2) is 0 Å². The lowest BCUT2D eigenvalue weighted by Gasteiger charge is -2.29. The van der Waals surface area contributed by atoms with Crippen LogP contribution in [-0.4, -0.2) is 17.1 Å². The van der Waals surface area contributed by atoms with Crippen molar-refractivity contribution in [1.82, 2.24) is 0 Å². The van der Waals surface area contributed by atoms with Gasteiger partial charge in [-0.3, -0.25) is 4.79 Å². The minimum atomic E-state index is -0.663. The van der Waals surface area contributed by atoms with Crippen LogP contribution in [0.25, 0.3) is 0 Å². The van der Waals surface area contributed by atoms with E-state index in [4.69, 9.17) is 10.8 Å². The summed E-state index contributed by atoms with van der Waals surface area (Å²) in [6.45, 7) is 1.97. The number of nitrogens with two attached hydrogens (primary N) is 1. The molecule has 0 aromatic heterocycles. The zero-order chi connectivity index (χ0) is 8.43. The van der Waals surface area contributed by atoms with Crippen LogP contribution in [0.1, 0.15) is 26.2 Å². The van der Waals surface area contributed by atoms with Crippen LogP contribution in [0.5, 0.6) is 0 Å². The van der Waals surface area contributed by atoms with Crippen molar-refractivity contribution in [2.24, 2.45) is 17.6 Å². The molecule has 0 radical (unpaired) electrons. The third-order valence-corrected chi connectivity index (χ3v) is 2.53. The summed E-state index contributed by atoms with van der Waals surface area (Å²) in [5.74, 6) is -0.574. The molecule has 1 fully saturated rings. The van der Waals surface area contributed by atoms with Gasteiger partial charge in [0.05, 0.1) is 5.92 Å².